The van der Waals surface area contributed by atoms with E-state index in [1.165, 1.54) is 24.2 Å². The van der Waals surface area contributed by atoms with Crippen LogP contribution in [0.2, 0.25) is 5.04 Å². The van der Waals surface area contributed by atoms with Gasteiger partial charge in [0.15, 0.2) is 6.29 Å². The van der Waals surface area contributed by atoms with E-state index >= 15 is 0 Å². The zero-order chi connectivity index (χ0) is 32.2. The van der Waals surface area contributed by atoms with Gasteiger partial charge in [-0.3, -0.25) is 9.59 Å². The molecule has 44 heavy (non-hydrogen) atoms. The molecule has 1 heterocycles. The number of benzene rings is 2. The maximum absolute atomic E-state index is 11.8. The topological polar surface area (TPSA) is 102 Å². The Morgan fingerprint density at radius 3 is 1.82 bits per heavy atom. The Kier molecular flexibility index (Phi) is 14.0. The van der Waals surface area contributed by atoms with E-state index in [0.717, 1.165) is 0 Å². The molecule has 0 spiro atoms. The van der Waals surface area contributed by atoms with Crippen molar-refractivity contribution in [2.75, 3.05) is 46.2 Å². The molecule has 244 valence electrons. The summed E-state index contributed by atoms with van der Waals surface area (Å²) in [6, 6.07) is 20.8. The summed E-state index contributed by atoms with van der Waals surface area (Å²) in [6.45, 7) is 16.2. The standard InChI is InChI=1S/C34H51NO8Si/c1-25-26(2)32(35-27(3)36)33(43-31(25)24-41-28(4)37)40-22-20-38-18-19-39-21-23-42-44(34(5,6)7,29-14-10-8-11-15-29)30-16-12-9-13-17-30/h8-17,25-26,31-33H,18-24H2,1-7H3,(H,35,36)/t25-,26+,31-,32-,33-/m1/s1. The Labute approximate surface area is 264 Å². The van der Waals surface area contributed by atoms with Gasteiger partial charge in [-0.1, -0.05) is 95.3 Å². The molecule has 2 aromatic carbocycles. The third kappa shape index (κ3) is 9.70. The molecule has 0 bridgehead atoms. The van der Waals surface area contributed by atoms with E-state index in [2.05, 4.69) is 74.6 Å². The van der Waals surface area contributed by atoms with Crippen LogP contribution in [0, 0.1) is 11.8 Å². The van der Waals surface area contributed by atoms with Crippen LogP contribution >= 0.6 is 0 Å². The highest BCUT2D eigenvalue weighted by Gasteiger charge is 2.50. The number of ether oxygens (including phenoxy) is 5. The van der Waals surface area contributed by atoms with Crippen LogP contribution in [0.15, 0.2) is 60.7 Å². The zero-order valence-electron chi connectivity index (χ0n) is 27.4. The molecule has 10 heteroatoms. The van der Waals surface area contributed by atoms with Crippen molar-refractivity contribution >= 4 is 30.6 Å². The van der Waals surface area contributed by atoms with E-state index in [1.807, 2.05) is 26.0 Å². The van der Waals surface area contributed by atoms with E-state index in [0.29, 0.717) is 33.0 Å². The van der Waals surface area contributed by atoms with Crippen LogP contribution in [0.5, 0.6) is 0 Å². The van der Waals surface area contributed by atoms with Gasteiger partial charge in [-0.15, -0.1) is 0 Å². The zero-order valence-corrected chi connectivity index (χ0v) is 28.4. The molecule has 0 radical (unpaired) electrons. The number of hydrogen-bond donors (Lipinski definition) is 1. The maximum Gasteiger partial charge on any atom is 0.302 e. The van der Waals surface area contributed by atoms with Crippen molar-refractivity contribution in [2.24, 2.45) is 11.8 Å². The van der Waals surface area contributed by atoms with E-state index < -0.39 is 14.6 Å². The van der Waals surface area contributed by atoms with Crippen LogP contribution in [-0.2, 0) is 37.7 Å². The molecule has 1 fully saturated rings. The largest absolute Gasteiger partial charge is 0.463 e. The lowest BCUT2D eigenvalue weighted by Gasteiger charge is -2.44. The highest BCUT2D eigenvalue weighted by Crippen LogP contribution is 2.36. The predicted molar refractivity (Wildman–Crippen MR) is 172 cm³/mol. The highest BCUT2D eigenvalue weighted by atomic mass is 28.4. The lowest BCUT2D eigenvalue weighted by atomic mass is 9.82. The van der Waals surface area contributed by atoms with Crippen molar-refractivity contribution in [1.82, 2.24) is 5.32 Å². The number of amides is 1. The summed E-state index contributed by atoms with van der Waals surface area (Å²) < 4.78 is 35.8. The summed E-state index contributed by atoms with van der Waals surface area (Å²) in [5, 5.41) is 5.35. The van der Waals surface area contributed by atoms with Crippen molar-refractivity contribution in [3.05, 3.63) is 60.7 Å². The quantitative estimate of drug-likeness (QED) is 0.171. The second-order valence-corrected chi connectivity index (χ2v) is 16.7. The Hall–Kier alpha value is -2.60. The number of hydrogen-bond acceptors (Lipinski definition) is 8. The molecule has 0 unspecified atom stereocenters. The Balaban J connectivity index is 1.44. The first-order valence-corrected chi connectivity index (χ1v) is 17.5. The Morgan fingerprint density at radius 2 is 1.32 bits per heavy atom. The molecule has 0 aliphatic carbocycles. The van der Waals surface area contributed by atoms with Crippen molar-refractivity contribution in [1.29, 1.82) is 0 Å². The fourth-order valence-corrected chi connectivity index (χ4v) is 10.4. The highest BCUT2D eigenvalue weighted by molar-refractivity contribution is 6.99. The molecule has 0 aromatic heterocycles. The first kappa shape index (κ1) is 35.9. The molecule has 1 N–H and O–H groups in total. The molecular formula is C34H51NO8Si. The third-order valence-corrected chi connectivity index (χ3v) is 13.3. The number of carbonyl (C=O) groups excluding carboxylic acids is 2. The van der Waals surface area contributed by atoms with Crippen LogP contribution in [0.25, 0.3) is 0 Å². The van der Waals surface area contributed by atoms with E-state index in [1.54, 1.807) is 0 Å². The molecule has 1 aliphatic rings. The van der Waals surface area contributed by atoms with Crippen LogP contribution in [0.3, 0.4) is 0 Å². The van der Waals surface area contributed by atoms with Crippen molar-refractivity contribution in [3.63, 3.8) is 0 Å². The molecule has 1 amide bonds. The maximum atomic E-state index is 11.8. The van der Waals surface area contributed by atoms with Crippen LogP contribution in [0.1, 0.15) is 48.5 Å². The van der Waals surface area contributed by atoms with Crippen LogP contribution in [-0.4, -0.2) is 84.9 Å². The fourth-order valence-electron chi connectivity index (χ4n) is 5.82. The minimum Gasteiger partial charge on any atom is -0.463 e. The molecule has 2 aromatic rings. The second kappa shape index (κ2) is 17.2. The van der Waals surface area contributed by atoms with Gasteiger partial charge in [0, 0.05) is 13.8 Å². The average molecular weight is 630 g/mol. The summed E-state index contributed by atoms with van der Waals surface area (Å²) in [6.07, 6.45) is -1.01. The number of carbonyl (C=O) groups is 2. The fraction of sp³-hybridized carbons (Fsp3) is 0.588. The Bertz CT molecular complexity index is 1100. The van der Waals surface area contributed by atoms with Gasteiger partial charge >= 0.3 is 5.97 Å². The van der Waals surface area contributed by atoms with Gasteiger partial charge in [-0.05, 0) is 27.2 Å². The van der Waals surface area contributed by atoms with E-state index in [4.69, 9.17) is 28.1 Å². The predicted octanol–water partition coefficient (Wildman–Crippen LogP) is 3.68. The summed E-state index contributed by atoms with van der Waals surface area (Å²) >= 11 is 0. The first-order valence-electron chi connectivity index (χ1n) is 15.6. The molecule has 9 nitrogen and oxygen atoms in total. The van der Waals surface area contributed by atoms with Crippen molar-refractivity contribution < 1.29 is 37.7 Å². The Morgan fingerprint density at radius 1 is 0.795 bits per heavy atom. The molecular weight excluding hydrogens is 578 g/mol. The van der Waals surface area contributed by atoms with Gasteiger partial charge in [0.05, 0.1) is 51.8 Å². The number of rotatable bonds is 16. The minimum atomic E-state index is -2.58. The van der Waals surface area contributed by atoms with Crippen molar-refractivity contribution in [2.45, 2.75) is 71.9 Å². The second-order valence-electron chi connectivity index (χ2n) is 12.4. The molecule has 5 atom stereocenters. The summed E-state index contributed by atoms with van der Waals surface area (Å²) in [4.78, 5) is 23.2. The summed E-state index contributed by atoms with van der Waals surface area (Å²) in [7, 11) is -2.58. The lowest BCUT2D eigenvalue weighted by molar-refractivity contribution is -0.247. The van der Waals surface area contributed by atoms with E-state index in [-0.39, 0.29) is 54.1 Å². The first-order chi connectivity index (χ1) is 21.0. The monoisotopic (exact) mass is 629 g/mol. The average Bonchev–Trinajstić information content (AvgIpc) is 2.98. The van der Waals surface area contributed by atoms with Gasteiger partial charge in [0.25, 0.3) is 8.32 Å². The van der Waals surface area contributed by atoms with Gasteiger partial charge in [0.2, 0.25) is 5.91 Å². The normalized spacial score (nSPS) is 22.4. The molecule has 1 aliphatic heterocycles. The van der Waals surface area contributed by atoms with Gasteiger partial charge < -0.3 is 33.4 Å². The summed E-state index contributed by atoms with van der Waals surface area (Å²) in [5.41, 5.74) is 0. The van der Waals surface area contributed by atoms with Crippen molar-refractivity contribution in [3.8, 4) is 0 Å². The number of esters is 1. The molecule has 3 rings (SSSR count). The minimum absolute atomic E-state index is 0.0543. The van der Waals surface area contributed by atoms with Crippen LogP contribution < -0.4 is 15.7 Å². The molecule has 0 saturated carbocycles. The number of nitrogens with one attached hydrogen (secondary N) is 1. The van der Waals surface area contributed by atoms with Gasteiger partial charge in [-0.2, -0.15) is 0 Å². The third-order valence-electron chi connectivity index (χ3n) is 8.25. The van der Waals surface area contributed by atoms with Crippen LogP contribution in [0.4, 0.5) is 0 Å². The van der Waals surface area contributed by atoms with Gasteiger partial charge in [0.1, 0.15) is 6.61 Å². The lowest BCUT2D eigenvalue weighted by Crippen LogP contribution is -2.66. The van der Waals surface area contributed by atoms with Gasteiger partial charge in [-0.25, -0.2) is 0 Å². The SMILES string of the molecule is CC(=O)N[C@H]1[C@H](OCCOCCOCCO[Si](c2ccccc2)(c2ccccc2)C(C)(C)C)O[C@H](COC(C)=O)[C@H](C)[C@@H]1C. The summed E-state index contributed by atoms with van der Waals surface area (Å²) in [5.74, 6) is -0.407. The molecule has 1 saturated heterocycles. The van der Waals surface area contributed by atoms with E-state index in [9.17, 15) is 9.59 Å². The smallest absolute Gasteiger partial charge is 0.302 e.